The lowest BCUT2D eigenvalue weighted by atomic mass is 9.92. The molecule has 2 nitrogen and oxygen atoms in total. The van der Waals surface area contributed by atoms with Crippen LogP contribution in [0.1, 0.15) is 25.3 Å². The zero-order chi connectivity index (χ0) is 13.9. The van der Waals surface area contributed by atoms with E-state index in [0.717, 1.165) is 24.9 Å². The molecular formula is C14H18F3NO. The zero-order valence-corrected chi connectivity index (χ0v) is 10.8. The van der Waals surface area contributed by atoms with Crippen LogP contribution in [0.3, 0.4) is 0 Å². The molecule has 2 rings (SSSR count). The average molecular weight is 273 g/mol. The zero-order valence-electron chi connectivity index (χ0n) is 10.8. The fourth-order valence-corrected chi connectivity index (χ4v) is 2.34. The highest BCUT2D eigenvalue weighted by atomic mass is 19.4. The van der Waals surface area contributed by atoms with Crippen LogP contribution in [-0.4, -0.2) is 18.9 Å². The first-order chi connectivity index (χ1) is 8.92. The van der Waals surface area contributed by atoms with Gasteiger partial charge in [0, 0.05) is 6.04 Å². The van der Waals surface area contributed by atoms with Crippen LogP contribution in [0.15, 0.2) is 24.3 Å². The minimum atomic E-state index is -4.62. The lowest BCUT2D eigenvalue weighted by Gasteiger charge is -2.27. The monoisotopic (exact) mass is 273 g/mol. The number of alkyl halides is 3. The Kier molecular flexibility index (Phi) is 4.34. The Morgan fingerprint density at radius 2 is 1.89 bits per heavy atom. The van der Waals surface area contributed by atoms with Crippen molar-refractivity contribution in [3.63, 3.8) is 0 Å². The van der Waals surface area contributed by atoms with Gasteiger partial charge in [0.25, 0.3) is 0 Å². The highest BCUT2D eigenvalue weighted by molar-refractivity contribution is 5.28. The molecule has 106 valence electrons. The summed E-state index contributed by atoms with van der Waals surface area (Å²) in [7, 11) is 0. The number of hydrogen-bond donors (Lipinski definition) is 1. The van der Waals surface area contributed by atoms with E-state index < -0.39 is 6.36 Å². The van der Waals surface area contributed by atoms with E-state index in [1.807, 2.05) is 0 Å². The van der Waals surface area contributed by atoms with E-state index in [1.54, 1.807) is 12.1 Å². The SMILES string of the molecule is CC1CCC(Cc2ccc(OC(F)(F)F)cc2)NC1. The molecule has 1 aliphatic rings. The van der Waals surface area contributed by atoms with Gasteiger partial charge < -0.3 is 10.1 Å². The van der Waals surface area contributed by atoms with Gasteiger partial charge in [0.15, 0.2) is 0 Å². The van der Waals surface area contributed by atoms with Gasteiger partial charge in [0.1, 0.15) is 5.75 Å². The summed E-state index contributed by atoms with van der Waals surface area (Å²) in [6.45, 7) is 3.23. The van der Waals surface area contributed by atoms with Crippen LogP contribution in [0.2, 0.25) is 0 Å². The minimum absolute atomic E-state index is 0.165. The lowest BCUT2D eigenvalue weighted by Crippen LogP contribution is -2.39. The van der Waals surface area contributed by atoms with E-state index in [-0.39, 0.29) is 5.75 Å². The number of halogens is 3. The van der Waals surface area contributed by atoms with Crippen LogP contribution in [-0.2, 0) is 6.42 Å². The molecule has 0 bridgehead atoms. The van der Waals surface area contributed by atoms with Crippen molar-refractivity contribution in [2.45, 2.75) is 38.6 Å². The van der Waals surface area contributed by atoms with Crippen molar-refractivity contribution in [3.05, 3.63) is 29.8 Å². The van der Waals surface area contributed by atoms with E-state index in [9.17, 15) is 13.2 Å². The first-order valence-electron chi connectivity index (χ1n) is 6.50. The van der Waals surface area contributed by atoms with Crippen molar-refractivity contribution in [1.29, 1.82) is 0 Å². The normalized spacial score (nSPS) is 24.2. The molecule has 2 unspecified atom stereocenters. The van der Waals surface area contributed by atoms with E-state index in [4.69, 9.17) is 0 Å². The van der Waals surface area contributed by atoms with Gasteiger partial charge in [-0.2, -0.15) is 0 Å². The van der Waals surface area contributed by atoms with Crippen LogP contribution in [0, 0.1) is 5.92 Å². The van der Waals surface area contributed by atoms with E-state index in [1.165, 1.54) is 18.6 Å². The third-order valence-corrected chi connectivity index (χ3v) is 3.40. The number of rotatable bonds is 3. The summed E-state index contributed by atoms with van der Waals surface area (Å²) in [6, 6.07) is 6.55. The van der Waals surface area contributed by atoms with E-state index in [0.29, 0.717) is 12.0 Å². The van der Waals surface area contributed by atoms with Gasteiger partial charge >= 0.3 is 6.36 Å². The highest BCUT2D eigenvalue weighted by Gasteiger charge is 2.31. The predicted octanol–water partition coefficient (Wildman–Crippen LogP) is 3.52. The van der Waals surface area contributed by atoms with Gasteiger partial charge in [-0.3, -0.25) is 0 Å². The quantitative estimate of drug-likeness (QED) is 0.910. The van der Waals surface area contributed by atoms with E-state index in [2.05, 4.69) is 17.0 Å². The third kappa shape index (κ3) is 4.74. The fraction of sp³-hybridized carbons (Fsp3) is 0.571. The molecule has 0 radical (unpaired) electrons. The van der Waals surface area contributed by atoms with E-state index >= 15 is 0 Å². The molecule has 0 aliphatic carbocycles. The lowest BCUT2D eigenvalue weighted by molar-refractivity contribution is -0.274. The van der Waals surface area contributed by atoms with Gasteiger partial charge in [-0.05, 0) is 49.4 Å². The molecule has 1 fully saturated rings. The molecule has 1 aromatic carbocycles. The summed E-state index contributed by atoms with van der Waals surface area (Å²) in [5, 5.41) is 3.46. The second-order valence-corrected chi connectivity index (χ2v) is 5.18. The molecule has 1 heterocycles. The van der Waals surface area contributed by atoms with Gasteiger partial charge in [0.2, 0.25) is 0 Å². The Hall–Kier alpha value is -1.23. The van der Waals surface area contributed by atoms with Gasteiger partial charge in [0.05, 0.1) is 0 Å². The van der Waals surface area contributed by atoms with Crippen molar-refractivity contribution >= 4 is 0 Å². The molecule has 1 aliphatic heterocycles. The minimum Gasteiger partial charge on any atom is -0.406 e. The maximum Gasteiger partial charge on any atom is 0.573 e. The predicted molar refractivity (Wildman–Crippen MR) is 67.0 cm³/mol. The van der Waals surface area contributed by atoms with Gasteiger partial charge in [-0.15, -0.1) is 13.2 Å². The molecule has 19 heavy (non-hydrogen) atoms. The van der Waals surface area contributed by atoms with Crippen molar-refractivity contribution in [3.8, 4) is 5.75 Å². The third-order valence-electron chi connectivity index (χ3n) is 3.40. The van der Waals surface area contributed by atoms with Gasteiger partial charge in [-0.25, -0.2) is 0 Å². The first kappa shape index (κ1) is 14.2. The molecule has 0 spiro atoms. The maximum atomic E-state index is 12.0. The smallest absolute Gasteiger partial charge is 0.406 e. The fourth-order valence-electron chi connectivity index (χ4n) is 2.34. The topological polar surface area (TPSA) is 21.3 Å². The second-order valence-electron chi connectivity index (χ2n) is 5.18. The van der Waals surface area contributed by atoms with Gasteiger partial charge in [-0.1, -0.05) is 19.1 Å². The molecule has 0 aromatic heterocycles. The largest absolute Gasteiger partial charge is 0.573 e. The molecule has 1 saturated heterocycles. The van der Waals surface area contributed by atoms with Crippen molar-refractivity contribution < 1.29 is 17.9 Å². The Labute approximate surface area is 111 Å². The summed E-state index contributed by atoms with van der Waals surface area (Å²) in [5.41, 5.74) is 1.03. The Bertz CT molecular complexity index is 394. The van der Waals surface area contributed by atoms with Crippen LogP contribution >= 0.6 is 0 Å². The maximum absolute atomic E-state index is 12.0. The number of nitrogens with one attached hydrogen (secondary N) is 1. The molecule has 5 heteroatoms. The molecule has 0 amide bonds. The van der Waals surface area contributed by atoms with Crippen LogP contribution < -0.4 is 10.1 Å². The average Bonchev–Trinajstić information content (AvgIpc) is 2.33. The second kappa shape index (κ2) is 5.82. The van der Waals surface area contributed by atoms with Crippen molar-refractivity contribution in [2.75, 3.05) is 6.54 Å². The number of benzene rings is 1. The van der Waals surface area contributed by atoms with Crippen LogP contribution in [0.25, 0.3) is 0 Å². The standard InChI is InChI=1S/C14H18F3NO/c1-10-2-5-12(18-9-10)8-11-3-6-13(7-4-11)19-14(15,16)17/h3-4,6-7,10,12,18H,2,5,8-9H2,1H3. The molecule has 2 atom stereocenters. The van der Waals surface area contributed by atoms with Crippen molar-refractivity contribution in [2.24, 2.45) is 5.92 Å². The number of piperidine rings is 1. The summed E-state index contributed by atoms with van der Waals surface area (Å²) in [6.07, 6.45) is -1.46. The summed E-state index contributed by atoms with van der Waals surface area (Å²) in [4.78, 5) is 0. The molecule has 0 saturated carbocycles. The van der Waals surface area contributed by atoms with Crippen molar-refractivity contribution in [1.82, 2.24) is 5.32 Å². The van der Waals surface area contributed by atoms with Crippen LogP contribution in [0.5, 0.6) is 5.75 Å². The molecular weight excluding hydrogens is 255 g/mol. The first-order valence-corrected chi connectivity index (χ1v) is 6.50. The summed E-state index contributed by atoms with van der Waals surface area (Å²) >= 11 is 0. The van der Waals surface area contributed by atoms with Crippen LogP contribution in [0.4, 0.5) is 13.2 Å². The summed E-state index contributed by atoms with van der Waals surface area (Å²) < 4.78 is 39.9. The Morgan fingerprint density at radius 3 is 2.42 bits per heavy atom. The highest BCUT2D eigenvalue weighted by Crippen LogP contribution is 2.23. The number of ether oxygens (including phenoxy) is 1. The summed E-state index contributed by atoms with van der Waals surface area (Å²) in [5.74, 6) is 0.542. The Balaban J connectivity index is 1.88. The molecule has 1 aromatic rings. The number of hydrogen-bond acceptors (Lipinski definition) is 2. The molecule has 1 N–H and O–H groups in total. The Morgan fingerprint density at radius 1 is 1.21 bits per heavy atom.